The highest BCUT2D eigenvalue weighted by molar-refractivity contribution is 8.76. The number of ketones is 2. The second kappa shape index (κ2) is 9.53. The number of nitrogens with one attached hydrogen (secondary N) is 1. The Hall–Kier alpha value is -0.490. The van der Waals surface area contributed by atoms with Crippen LogP contribution in [-0.2, 0) is 14.4 Å². The number of Topliss-reactive ketones (excluding diaryl/α,β-unsaturated/α-hetero) is 2. The van der Waals surface area contributed by atoms with Crippen LogP contribution >= 0.6 is 21.6 Å². The van der Waals surface area contributed by atoms with Gasteiger partial charge < -0.3 is 5.32 Å². The quantitative estimate of drug-likeness (QED) is 0.396. The van der Waals surface area contributed by atoms with E-state index in [0.717, 1.165) is 12.2 Å². The molecule has 0 bridgehead atoms. The Morgan fingerprint density at radius 3 is 2.29 bits per heavy atom. The number of carbonyl (C=O) groups excluding carboxylic acids is 3. The minimum atomic E-state index is -0.550. The van der Waals surface area contributed by atoms with Crippen molar-refractivity contribution in [1.29, 1.82) is 0 Å². The van der Waals surface area contributed by atoms with E-state index in [-0.39, 0.29) is 23.9 Å². The molecule has 0 saturated carbocycles. The van der Waals surface area contributed by atoms with Crippen LogP contribution < -0.4 is 5.32 Å². The second-order valence-electron chi connectivity index (χ2n) is 3.70. The zero-order valence-corrected chi connectivity index (χ0v) is 12.1. The first-order valence-electron chi connectivity index (χ1n) is 5.51. The van der Waals surface area contributed by atoms with Gasteiger partial charge in [0.2, 0.25) is 5.91 Å². The lowest BCUT2D eigenvalue weighted by Crippen LogP contribution is -2.42. The van der Waals surface area contributed by atoms with Crippen molar-refractivity contribution in [2.45, 2.75) is 39.7 Å². The lowest BCUT2D eigenvalue weighted by Gasteiger charge is -2.15. The number of carbonyl (C=O) groups is 3. The van der Waals surface area contributed by atoms with E-state index >= 15 is 0 Å². The Kier molecular flexibility index (Phi) is 9.26. The monoisotopic (exact) mass is 277 g/mol. The molecule has 1 N–H and O–H groups in total. The van der Waals surface area contributed by atoms with E-state index in [4.69, 9.17) is 0 Å². The maximum Gasteiger partial charge on any atom is 0.217 e. The molecule has 0 spiro atoms. The van der Waals surface area contributed by atoms with Gasteiger partial charge in [-0.05, 0) is 13.3 Å². The fourth-order valence-electron chi connectivity index (χ4n) is 1.09. The van der Waals surface area contributed by atoms with Crippen molar-refractivity contribution < 1.29 is 14.4 Å². The molecule has 0 heterocycles. The van der Waals surface area contributed by atoms with Gasteiger partial charge in [0, 0.05) is 18.4 Å². The topological polar surface area (TPSA) is 63.2 Å². The lowest BCUT2D eigenvalue weighted by atomic mass is 10.1. The number of amides is 1. The van der Waals surface area contributed by atoms with Crippen LogP contribution in [0, 0.1) is 0 Å². The molecule has 0 aliphatic rings. The SMILES string of the molecule is CCCSSCC(NC(C)=O)C(=O)CC(C)=O. The summed E-state index contributed by atoms with van der Waals surface area (Å²) in [7, 11) is 3.23. The first-order chi connectivity index (χ1) is 7.97. The number of rotatable bonds is 9. The molecule has 4 nitrogen and oxygen atoms in total. The van der Waals surface area contributed by atoms with Gasteiger partial charge in [0.1, 0.15) is 5.78 Å². The van der Waals surface area contributed by atoms with Gasteiger partial charge in [-0.25, -0.2) is 0 Å². The maximum absolute atomic E-state index is 11.7. The summed E-state index contributed by atoms with van der Waals surface area (Å²) in [6.45, 7) is 4.83. The van der Waals surface area contributed by atoms with Crippen molar-refractivity contribution in [2.75, 3.05) is 11.5 Å². The summed E-state index contributed by atoms with van der Waals surface area (Å²) in [6.07, 6.45) is 0.966. The van der Waals surface area contributed by atoms with Crippen molar-refractivity contribution in [2.24, 2.45) is 0 Å². The predicted octanol–water partition coefficient (Wildman–Crippen LogP) is 1.83. The largest absolute Gasteiger partial charge is 0.346 e. The van der Waals surface area contributed by atoms with Crippen LogP contribution in [-0.4, -0.2) is 35.0 Å². The van der Waals surface area contributed by atoms with Crippen LogP contribution in [0.1, 0.15) is 33.6 Å². The zero-order chi connectivity index (χ0) is 13.3. The van der Waals surface area contributed by atoms with Crippen molar-refractivity contribution >= 4 is 39.1 Å². The standard InChI is InChI=1S/C11H19NO3S2/c1-4-5-16-17-7-10(12-9(3)14)11(15)6-8(2)13/h10H,4-7H2,1-3H3,(H,12,14). The van der Waals surface area contributed by atoms with Gasteiger partial charge in [0.25, 0.3) is 0 Å². The maximum atomic E-state index is 11.7. The third kappa shape index (κ3) is 9.23. The fourth-order valence-corrected chi connectivity index (χ4v) is 3.42. The highest BCUT2D eigenvalue weighted by Gasteiger charge is 2.20. The summed E-state index contributed by atoms with van der Waals surface area (Å²) in [5, 5.41) is 2.59. The summed E-state index contributed by atoms with van der Waals surface area (Å²) in [4.78, 5) is 33.5. The Morgan fingerprint density at radius 1 is 1.18 bits per heavy atom. The van der Waals surface area contributed by atoms with Crippen LogP contribution in [0.5, 0.6) is 0 Å². The molecule has 98 valence electrons. The van der Waals surface area contributed by atoms with E-state index < -0.39 is 6.04 Å². The Labute approximate surface area is 110 Å². The molecular weight excluding hydrogens is 258 g/mol. The summed E-state index contributed by atoms with van der Waals surface area (Å²) < 4.78 is 0. The average molecular weight is 277 g/mol. The van der Waals surface area contributed by atoms with Gasteiger partial charge >= 0.3 is 0 Å². The fraction of sp³-hybridized carbons (Fsp3) is 0.727. The highest BCUT2D eigenvalue weighted by atomic mass is 33.1. The van der Waals surface area contributed by atoms with Gasteiger partial charge in [0.15, 0.2) is 5.78 Å². The molecule has 6 heteroatoms. The van der Waals surface area contributed by atoms with E-state index in [2.05, 4.69) is 12.2 Å². The summed E-state index contributed by atoms with van der Waals surface area (Å²) >= 11 is 0. The van der Waals surface area contributed by atoms with Crippen molar-refractivity contribution in [3.8, 4) is 0 Å². The zero-order valence-electron chi connectivity index (χ0n) is 10.4. The van der Waals surface area contributed by atoms with Gasteiger partial charge in [-0.1, -0.05) is 28.5 Å². The van der Waals surface area contributed by atoms with Gasteiger partial charge in [-0.15, -0.1) is 0 Å². The molecule has 0 rings (SSSR count). The Morgan fingerprint density at radius 2 is 1.82 bits per heavy atom. The third-order valence-corrected chi connectivity index (χ3v) is 4.41. The molecular formula is C11H19NO3S2. The van der Waals surface area contributed by atoms with E-state index in [1.165, 1.54) is 13.8 Å². The molecule has 0 aromatic rings. The van der Waals surface area contributed by atoms with Gasteiger partial charge in [0.05, 0.1) is 12.5 Å². The van der Waals surface area contributed by atoms with Crippen LogP contribution in [0.15, 0.2) is 0 Å². The van der Waals surface area contributed by atoms with Crippen LogP contribution in [0.3, 0.4) is 0 Å². The number of hydrogen-bond donors (Lipinski definition) is 1. The molecule has 0 fully saturated rings. The van der Waals surface area contributed by atoms with Crippen molar-refractivity contribution in [1.82, 2.24) is 5.32 Å². The summed E-state index contributed by atoms with van der Waals surface area (Å²) in [5.74, 6) is 0.899. The molecule has 0 aliphatic carbocycles. The minimum Gasteiger partial charge on any atom is -0.346 e. The summed E-state index contributed by atoms with van der Waals surface area (Å²) in [6, 6.07) is -0.550. The number of hydrogen-bond acceptors (Lipinski definition) is 5. The molecule has 0 aromatic carbocycles. The van der Waals surface area contributed by atoms with E-state index in [0.29, 0.717) is 5.75 Å². The molecule has 0 saturated heterocycles. The molecule has 1 atom stereocenters. The van der Waals surface area contributed by atoms with Gasteiger partial charge in [-0.3, -0.25) is 14.4 Å². The first kappa shape index (κ1) is 16.5. The smallest absolute Gasteiger partial charge is 0.217 e. The lowest BCUT2D eigenvalue weighted by molar-refractivity contribution is -0.129. The first-order valence-corrected chi connectivity index (χ1v) is 7.99. The van der Waals surface area contributed by atoms with Crippen molar-refractivity contribution in [3.63, 3.8) is 0 Å². The van der Waals surface area contributed by atoms with Crippen LogP contribution in [0.25, 0.3) is 0 Å². The second-order valence-corrected chi connectivity index (χ2v) is 6.33. The van der Waals surface area contributed by atoms with E-state index in [1.54, 1.807) is 21.6 Å². The molecule has 0 aromatic heterocycles. The van der Waals surface area contributed by atoms with Crippen LogP contribution in [0.4, 0.5) is 0 Å². The van der Waals surface area contributed by atoms with E-state index in [9.17, 15) is 14.4 Å². The van der Waals surface area contributed by atoms with Gasteiger partial charge in [-0.2, -0.15) is 0 Å². The molecule has 1 unspecified atom stereocenters. The third-order valence-electron chi connectivity index (χ3n) is 1.79. The molecule has 1 amide bonds. The highest BCUT2D eigenvalue weighted by Crippen LogP contribution is 2.23. The normalized spacial score (nSPS) is 11.9. The van der Waals surface area contributed by atoms with E-state index in [1.807, 2.05) is 0 Å². The Bertz CT molecular complexity index is 282. The average Bonchev–Trinajstić information content (AvgIpc) is 2.21. The predicted molar refractivity (Wildman–Crippen MR) is 73.1 cm³/mol. The van der Waals surface area contributed by atoms with Crippen molar-refractivity contribution in [3.05, 3.63) is 0 Å². The summed E-state index contributed by atoms with van der Waals surface area (Å²) in [5.41, 5.74) is 0. The molecule has 0 aliphatic heterocycles. The van der Waals surface area contributed by atoms with Crippen LogP contribution in [0.2, 0.25) is 0 Å². The molecule has 17 heavy (non-hydrogen) atoms. The minimum absolute atomic E-state index is 0.107. The Balaban J connectivity index is 4.17. The molecule has 0 radical (unpaired) electrons.